The Hall–Kier alpha value is -3.26. The number of pyridine rings is 1. The van der Waals surface area contributed by atoms with Crippen LogP contribution in [0, 0.1) is 12.7 Å². The van der Waals surface area contributed by atoms with Crippen LogP contribution < -0.4 is 4.90 Å². The zero-order valence-electron chi connectivity index (χ0n) is 19.2. The van der Waals surface area contributed by atoms with Crippen molar-refractivity contribution in [3.05, 3.63) is 65.7 Å². The fourth-order valence-electron chi connectivity index (χ4n) is 4.09. The second-order valence-corrected chi connectivity index (χ2v) is 8.29. The minimum Gasteiger partial charge on any atom is -0.385 e. The van der Waals surface area contributed by atoms with E-state index in [-0.39, 0.29) is 18.3 Å². The number of ether oxygens (including phenoxy) is 1. The average Bonchev–Trinajstić information content (AvgIpc) is 3.24. The third-order valence-corrected chi connectivity index (χ3v) is 5.99. The van der Waals surface area contributed by atoms with Crippen molar-refractivity contribution < 1.29 is 13.9 Å². The van der Waals surface area contributed by atoms with Gasteiger partial charge in [0.15, 0.2) is 0 Å². The molecule has 33 heavy (non-hydrogen) atoms. The molecule has 0 atom stereocenters. The molecule has 1 fully saturated rings. The molecule has 3 heterocycles. The Bertz CT molecular complexity index is 1080. The van der Waals surface area contributed by atoms with E-state index in [1.54, 1.807) is 37.0 Å². The summed E-state index contributed by atoms with van der Waals surface area (Å²) in [5.74, 6) is 0.753. The maximum absolute atomic E-state index is 13.7. The zero-order chi connectivity index (χ0) is 23.2. The molecule has 1 aliphatic rings. The summed E-state index contributed by atoms with van der Waals surface area (Å²) >= 11 is 0. The quantitative estimate of drug-likeness (QED) is 0.492. The number of anilines is 1. The molecule has 0 unspecified atom stereocenters. The van der Waals surface area contributed by atoms with Gasteiger partial charge in [0.05, 0.1) is 5.69 Å². The Morgan fingerprint density at radius 1 is 1.12 bits per heavy atom. The highest BCUT2D eigenvalue weighted by atomic mass is 19.1. The van der Waals surface area contributed by atoms with E-state index in [0.717, 1.165) is 48.7 Å². The van der Waals surface area contributed by atoms with Crippen molar-refractivity contribution in [1.82, 2.24) is 19.7 Å². The number of nitrogens with zero attached hydrogens (tertiary/aromatic N) is 5. The van der Waals surface area contributed by atoms with Crippen LogP contribution in [0.4, 0.5) is 10.2 Å². The number of halogens is 1. The summed E-state index contributed by atoms with van der Waals surface area (Å²) < 4.78 is 20.7. The monoisotopic (exact) mass is 451 g/mol. The lowest BCUT2D eigenvalue weighted by Gasteiger charge is -2.35. The highest BCUT2D eigenvalue weighted by Gasteiger charge is 2.23. The number of carbonyl (C=O) groups excluding carboxylic acids is 1. The van der Waals surface area contributed by atoms with Crippen LogP contribution in [0.5, 0.6) is 0 Å². The smallest absolute Gasteiger partial charge is 0.244 e. The van der Waals surface area contributed by atoms with E-state index in [1.807, 2.05) is 29.2 Å². The van der Waals surface area contributed by atoms with Gasteiger partial charge in [0.25, 0.3) is 0 Å². The third-order valence-electron chi connectivity index (χ3n) is 5.99. The number of aromatic nitrogens is 3. The molecule has 0 N–H and O–H groups in total. The Morgan fingerprint density at radius 3 is 2.64 bits per heavy atom. The number of aryl methyl sites for hydroxylation is 2. The molecule has 1 saturated heterocycles. The van der Waals surface area contributed by atoms with Crippen molar-refractivity contribution in [3.8, 4) is 11.3 Å². The first-order chi connectivity index (χ1) is 16.0. The molecule has 0 radical (unpaired) electrons. The van der Waals surface area contributed by atoms with Gasteiger partial charge in [-0.2, -0.15) is 5.10 Å². The van der Waals surface area contributed by atoms with Crippen LogP contribution in [-0.2, 0) is 22.5 Å². The lowest BCUT2D eigenvalue weighted by molar-refractivity contribution is -0.132. The molecule has 0 aliphatic carbocycles. The maximum atomic E-state index is 13.7. The lowest BCUT2D eigenvalue weighted by atomic mass is 10.1. The van der Waals surface area contributed by atoms with E-state index < -0.39 is 0 Å². The predicted octanol–water partition coefficient (Wildman–Crippen LogP) is 3.32. The van der Waals surface area contributed by atoms with Gasteiger partial charge >= 0.3 is 0 Å². The van der Waals surface area contributed by atoms with Crippen LogP contribution in [0.2, 0.25) is 0 Å². The molecular weight excluding hydrogens is 421 g/mol. The molecule has 0 spiro atoms. The first-order valence-electron chi connectivity index (χ1n) is 11.3. The second kappa shape index (κ2) is 10.6. The summed E-state index contributed by atoms with van der Waals surface area (Å²) in [6, 6.07) is 12.8. The van der Waals surface area contributed by atoms with Crippen LogP contribution >= 0.6 is 0 Å². The molecule has 174 valence electrons. The fraction of sp³-hybridized carbons (Fsp3) is 0.400. The van der Waals surface area contributed by atoms with Gasteiger partial charge in [0, 0.05) is 57.3 Å². The van der Waals surface area contributed by atoms with Gasteiger partial charge in [0.2, 0.25) is 5.91 Å². The SMILES string of the molecule is COCCCc1cc(-c2ccc(F)c(C)c2)nn1CC(=O)N1CCN(c2ccccn2)CC1. The lowest BCUT2D eigenvalue weighted by Crippen LogP contribution is -2.50. The molecule has 4 rings (SSSR count). The Labute approximate surface area is 193 Å². The van der Waals surface area contributed by atoms with Crippen LogP contribution in [0.3, 0.4) is 0 Å². The molecular formula is C25H30FN5O2. The number of methoxy groups -OCH3 is 1. The van der Waals surface area contributed by atoms with Gasteiger partial charge in [0.1, 0.15) is 18.2 Å². The molecule has 2 aromatic heterocycles. The normalized spacial score (nSPS) is 14.0. The molecule has 1 aromatic carbocycles. The van der Waals surface area contributed by atoms with Crippen molar-refractivity contribution in [2.24, 2.45) is 0 Å². The largest absolute Gasteiger partial charge is 0.385 e. The fourth-order valence-corrected chi connectivity index (χ4v) is 4.09. The van der Waals surface area contributed by atoms with Gasteiger partial charge in [-0.1, -0.05) is 6.07 Å². The Balaban J connectivity index is 1.46. The summed E-state index contributed by atoms with van der Waals surface area (Å²) in [6.07, 6.45) is 3.37. The standard InChI is InChI=1S/C25H30FN5O2/c1-19-16-20(8-9-22(19)26)23-17-21(6-5-15-33-2)31(28-23)18-25(32)30-13-11-29(12-14-30)24-7-3-4-10-27-24/h3-4,7-10,16-17H,5-6,11-15,18H2,1-2H3. The summed E-state index contributed by atoms with van der Waals surface area (Å²) in [5, 5.41) is 4.71. The number of carbonyl (C=O) groups is 1. The Kier molecular flexibility index (Phi) is 7.34. The van der Waals surface area contributed by atoms with Crippen molar-refractivity contribution in [1.29, 1.82) is 0 Å². The van der Waals surface area contributed by atoms with Crippen molar-refractivity contribution in [2.75, 3.05) is 44.8 Å². The molecule has 0 bridgehead atoms. The zero-order valence-corrected chi connectivity index (χ0v) is 19.2. The molecule has 1 amide bonds. The first-order valence-corrected chi connectivity index (χ1v) is 11.3. The van der Waals surface area contributed by atoms with Crippen LogP contribution in [-0.4, -0.2) is 65.5 Å². The molecule has 3 aromatic rings. The van der Waals surface area contributed by atoms with Crippen molar-refractivity contribution in [2.45, 2.75) is 26.3 Å². The van der Waals surface area contributed by atoms with E-state index in [2.05, 4.69) is 9.88 Å². The number of amides is 1. The minimum atomic E-state index is -0.237. The predicted molar refractivity (Wildman–Crippen MR) is 126 cm³/mol. The van der Waals surface area contributed by atoms with Gasteiger partial charge < -0.3 is 14.5 Å². The summed E-state index contributed by atoms with van der Waals surface area (Å²) in [6.45, 7) is 5.37. The van der Waals surface area contributed by atoms with E-state index in [0.29, 0.717) is 25.3 Å². The van der Waals surface area contributed by atoms with Gasteiger partial charge in [-0.15, -0.1) is 0 Å². The molecule has 8 heteroatoms. The van der Waals surface area contributed by atoms with Crippen LogP contribution in [0.15, 0.2) is 48.7 Å². The summed E-state index contributed by atoms with van der Waals surface area (Å²) in [4.78, 5) is 21.6. The van der Waals surface area contributed by atoms with Gasteiger partial charge in [-0.25, -0.2) is 9.37 Å². The molecule has 0 saturated carbocycles. The molecule has 1 aliphatic heterocycles. The number of piperazine rings is 1. The van der Waals surface area contributed by atoms with Crippen molar-refractivity contribution in [3.63, 3.8) is 0 Å². The molecule has 7 nitrogen and oxygen atoms in total. The number of rotatable bonds is 8. The van der Waals surface area contributed by atoms with E-state index >= 15 is 0 Å². The van der Waals surface area contributed by atoms with E-state index in [1.165, 1.54) is 6.07 Å². The second-order valence-electron chi connectivity index (χ2n) is 8.29. The van der Waals surface area contributed by atoms with E-state index in [9.17, 15) is 9.18 Å². The summed E-state index contributed by atoms with van der Waals surface area (Å²) in [7, 11) is 1.68. The summed E-state index contributed by atoms with van der Waals surface area (Å²) in [5.41, 5.74) is 3.14. The maximum Gasteiger partial charge on any atom is 0.244 e. The Morgan fingerprint density at radius 2 is 1.94 bits per heavy atom. The average molecular weight is 452 g/mol. The highest BCUT2D eigenvalue weighted by molar-refractivity contribution is 5.76. The van der Waals surface area contributed by atoms with Crippen LogP contribution in [0.1, 0.15) is 17.7 Å². The number of benzene rings is 1. The first kappa shape index (κ1) is 22.9. The highest BCUT2D eigenvalue weighted by Crippen LogP contribution is 2.23. The van der Waals surface area contributed by atoms with Crippen molar-refractivity contribution >= 4 is 11.7 Å². The number of hydrogen-bond acceptors (Lipinski definition) is 5. The van der Waals surface area contributed by atoms with Gasteiger partial charge in [-0.3, -0.25) is 9.48 Å². The topological polar surface area (TPSA) is 63.5 Å². The van der Waals surface area contributed by atoms with E-state index in [4.69, 9.17) is 9.84 Å². The van der Waals surface area contributed by atoms with Crippen LogP contribution in [0.25, 0.3) is 11.3 Å². The minimum absolute atomic E-state index is 0.0496. The van der Waals surface area contributed by atoms with Gasteiger partial charge in [-0.05, 0) is 61.7 Å². The number of hydrogen-bond donors (Lipinski definition) is 0. The third kappa shape index (κ3) is 5.57.